The van der Waals surface area contributed by atoms with E-state index in [1.165, 1.54) is 0 Å². The van der Waals surface area contributed by atoms with Crippen molar-refractivity contribution >= 4 is 11.6 Å². The number of benzene rings is 1. The summed E-state index contributed by atoms with van der Waals surface area (Å²) in [4.78, 5) is 10.6. The Morgan fingerprint density at radius 3 is 2.38 bits per heavy atom. The average molecular weight is 196 g/mol. The highest BCUT2D eigenvalue weighted by molar-refractivity contribution is 6.30. The van der Waals surface area contributed by atoms with Crippen LogP contribution in [0.1, 0.15) is 24.4 Å². The highest BCUT2D eigenvalue weighted by Gasteiger charge is 2.33. The first-order valence-electron chi connectivity index (χ1n) is 4.39. The van der Waals surface area contributed by atoms with Crippen LogP contribution in [0.15, 0.2) is 29.4 Å². The quantitative estimate of drug-likeness (QED) is 0.679. The van der Waals surface area contributed by atoms with Crippen LogP contribution in [-0.4, -0.2) is 0 Å². The summed E-state index contributed by atoms with van der Waals surface area (Å²) in [7, 11) is 0. The van der Waals surface area contributed by atoms with Gasteiger partial charge in [-0.15, -0.1) is 0 Å². The van der Waals surface area contributed by atoms with Crippen LogP contribution in [0.5, 0.6) is 0 Å². The third kappa shape index (κ3) is 1.89. The highest BCUT2D eigenvalue weighted by Crippen LogP contribution is 2.43. The summed E-state index contributed by atoms with van der Waals surface area (Å²) in [6, 6.07) is 7.21. The van der Waals surface area contributed by atoms with Crippen molar-refractivity contribution in [2.45, 2.75) is 18.9 Å². The van der Waals surface area contributed by atoms with Crippen LogP contribution in [0.4, 0.5) is 0 Å². The molecule has 1 unspecified atom stereocenters. The van der Waals surface area contributed by atoms with E-state index in [-0.39, 0.29) is 6.04 Å². The van der Waals surface area contributed by atoms with Gasteiger partial charge < -0.3 is 0 Å². The van der Waals surface area contributed by atoms with Crippen molar-refractivity contribution in [3.05, 3.63) is 39.8 Å². The number of hydrogen-bond donors (Lipinski definition) is 0. The number of hydrogen-bond acceptors (Lipinski definition) is 2. The second-order valence-corrected chi connectivity index (χ2v) is 3.88. The topological polar surface area (TPSA) is 29.4 Å². The molecule has 1 aliphatic rings. The van der Waals surface area contributed by atoms with Gasteiger partial charge in [-0.2, -0.15) is 4.91 Å². The van der Waals surface area contributed by atoms with Crippen LogP contribution in [0.3, 0.4) is 0 Å². The summed E-state index contributed by atoms with van der Waals surface area (Å²) in [6.07, 6.45) is 2.25. The van der Waals surface area contributed by atoms with E-state index in [2.05, 4.69) is 5.18 Å². The lowest BCUT2D eigenvalue weighted by molar-refractivity contribution is 0.631. The summed E-state index contributed by atoms with van der Waals surface area (Å²) in [5.74, 6) is 0.471. The smallest absolute Gasteiger partial charge is 0.120 e. The second kappa shape index (κ2) is 3.46. The third-order valence-electron chi connectivity index (χ3n) is 2.39. The van der Waals surface area contributed by atoms with Gasteiger partial charge in [-0.1, -0.05) is 28.9 Å². The predicted molar refractivity (Wildman–Crippen MR) is 52.7 cm³/mol. The lowest BCUT2D eigenvalue weighted by atomic mass is 10.0. The Kier molecular flexibility index (Phi) is 2.32. The molecule has 13 heavy (non-hydrogen) atoms. The van der Waals surface area contributed by atoms with Gasteiger partial charge in [-0.05, 0) is 36.5 Å². The molecule has 0 amide bonds. The zero-order valence-electron chi connectivity index (χ0n) is 7.11. The van der Waals surface area contributed by atoms with E-state index < -0.39 is 0 Å². The Balaban J connectivity index is 2.21. The zero-order valence-corrected chi connectivity index (χ0v) is 7.87. The molecule has 1 aromatic carbocycles. The summed E-state index contributed by atoms with van der Waals surface area (Å²) in [5, 5.41) is 3.86. The van der Waals surface area contributed by atoms with E-state index in [9.17, 15) is 4.91 Å². The average Bonchev–Trinajstić information content (AvgIpc) is 2.93. The van der Waals surface area contributed by atoms with E-state index in [4.69, 9.17) is 11.6 Å². The molecule has 1 aliphatic carbocycles. The maximum atomic E-state index is 10.6. The molecule has 0 aliphatic heterocycles. The van der Waals surface area contributed by atoms with Crippen LogP contribution in [-0.2, 0) is 0 Å². The van der Waals surface area contributed by atoms with Gasteiger partial charge >= 0.3 is 0 Å². The summed E-state index contributed by atoms with van der Waals surface area (Å²) >= 11 is 5.75. The van der Waals surface area contributed by atoms with Gasteiger partial charge in [0.1, 0.15) is 6.04 Å². The number of halogens is 1. The second-order valence-electron chi connectivity index (χ2n) is 3.44. The van der Waals surface area contributed by atoms with Gasteiger partial charge in [-0.3, -0.25) is 0 Å². The Bertz CT molecular complexity index is 305. The van der Waals surface area contributed by atoms with E-state index in [0.717, 1.165) is 18.4 Å². The Morgan fingerprint density at radius 1 is 1.31 bits per heavy atom. The number of nitrogens with zero attached hydrogens (tertiary/aromatic N) is 1. The molecule has 2 nitrogen and oxygen atoms in total. The van der Waals surface area contributed by atoms with E-state index in [1.54, 1.807) is 12.1 Å². The molecule has 0 aromatic heterocycles. The zero-order chi connectivity index (χ0) is 9.26. The van der Waals surface area contributed by atoms with Crippen molar-refractivity contribution in [2.75, 3.05) is 0 Å². The minimum Gasteiger partial charge on any atom is -0.150 e. The standard InChI is InChI=1S/C10H10ClNO/c11-9-5-3-8(4-6-9)10(12-13)7-1-2-7/h3-7,10H,1-2H2. The van der Waals surface area contributed by atoms with Crippen molar-refractivity contribution < 1.29 is 0 Å². The van der Waals surface area contributed by atoms with E-state index >= 15 is 0 Å². The van der Waals surface area contributed by atoms with Crippen LogP contribution >= 0.6 is 11.6 Å². The minimum atomic E-state index is -0.155. The molecule has 0 bridgehead atoms. The fourth-order valence-corrected chi connectivity index (χ4v) is 1.62. The third-order valence-corrected chi connectivity index (χ3v) is 2.65. The van der Waals surface area contributed by atoms with Crippen molar-refractivity contribution in [3.8, 4) is 0 Å². The van der Waals surface area contributed by atoms with Gasteiger partial charge in [0, 0.05) is 5.02 Å². The SMILES string of the molecule is O=NC(c1ccc(Cl)cc1)C1CC1. The molecule has 1 aromatic rings. The molecule has 1 fully saturated rings. The maximum Gasteiger partial charge on any atom is 0.120 e. The maximum absolute atomic E-state index is 10.6. The number of rotatable bonds is 3. The van der Waals surface area contributed by atoms with E-state index in [1.807, 2.05) is 12.1 Å². The fraction of sp³-hybridized carbons (Fsp3) is 0.400. The Morgan fingerprint density at radius 2 is 1.92 bits per heavy atom. The Labute approximate surface area is 81.9 Å². The van der Waals surface area contributed by atoms with Crippen molar-refractivity contribution in [3.63, 3.8) is 0 Å². The molecule has 2 rings (SSSR count). The monoisotopic (exact) mass is 195 g/mol. The normalized spacial score (nSPS) is 18.2. The van der Waals surface area contributed by atoms with Gasteiger partial charge in [0.15, 0.2) is 0 Å². The van der Waals surface area contributed by atoms with E-state index in [0.29, 0.717) is 10.9 Å². The molecule has 3 heteroatoms. The molecule has 1 atom stereocenters. The van der Waals surface area contributed by atoms with Crippen molar-refractivity contribution in [1.82, 2.24) is 0 Å². The first-order chi connectivity index (χ1) is 6.31. The Hall–Kier alpha value is -0.890. The molecular formula is C10H10ClNO. The number of nitroso groups, excluding NO2 is 1. The van der Waals surface area contributed by atoms with Crippen LogP contribution in [0.25, 0.3) is 0 Å². The summed E-state index contributed by atoms with van der Waals surface area (Å²) in [5.41, 5.74) is 0.988. The van der Waals surface area contributed by atoms with Crippen molar-refractivity contribution in [1.29, 1.82) is 0 Å². The fourth-order valence-electron chi connectivity index (χ4n) is 1.49. The molecule has 0 N–H and O–H groups in total. The van der Waals surface area contributed by atoms with Gasteiger partial charge in [0.25, 0.3) is 0 Å². The minimum absolute atomic E-state index is 0.155. The van der Waals surface area contributed by atoms with Gasteiger partial charge in [-0.25, -0.2) is 0 Å². The first kappa shape index (κ1) is 8.70. The van der Waals surface area contributed by atoms with Gasteiger partial charge in [0.05, 0.1) is 0 Å². The molecule has 0 spiro atoms. The molecule has 0 radical (unpaired) electrons. The highest BCUT2D eigenvalue weighted by atomic mass is 35.5. The molecule has 1 saturated carbocycles. The van der Waals surface area contributed by atoms with Crippen molar-refractivity contribution in [2.24, 2.45) is 11.1 Å². The molecule has 0 heterocycles. The van der Waals surface area contributed by atoms with Crippen LogP contribution in [0.2, 0.25) is 5.02 Å². The molecular weight excluding hydrogens is 186 g/mol. The lowest BCUT2D eigenvalue weighted by Gasteiger charge is -2.06. The van der Waals surface area contributed by atoms with Gasteiger partial charge in [0.2, 0.25) is 0 Å². The predicted octanol–water partition coefficient (Wildman–Crippen LogP) is 3.56. The first-order valence-corrected chi connectivity index (χ1v) is 4.77. The summed E-state index contributed by atoms with van der Waals surface area (Å²) in [6.45, 7) is 0. The largest absolute Gasteiger partial charge is 0.150 e. The van der Waals surface area contributed by atoms with Crippen LogP contribution in [0, 0.1) is 10.8 Å². The molecule has 0 saturated heterocycles. The summed E-state index contributed by atoms with van der Waals surface area (Å²) < 4.78 is 0. The van der Waals surface area contributed by atoms with Crippen LogP contribution < -0.4 is 0 Å². The lowest BCUT2D eigenvalue weighted by Crippen LogP contribution is -1.96. The molecule has 68 valence electrons.